The van der Waals surface area contributed by atoms with Crippen LogP contribution in [0.5, 0.6) is 11.5 Å². The van der Waals surface area contributed by atoms with Crippen molar-refractivity contribution in [1.82, 2.24) is 5.32 Å². The van der Waals surface area contributed by atoms with Crippen molar-refractivity contribution < 1.29 is 14.3 Å². The molecule has 0 unspecified atom stereocenters. The highest BCUT2D eigenvalue weighted by Crippen LogP contribution is 2.17. The summed E-state index contributed by atoms with van der Waals surface area (Å²) in [5.74, 6) is 1.14. The molecule has 2 aromatic rings. The van der Waals surface area contributed by atoms with E-state index in [2.05, 4.69) is 10.6 Å². The van der Waals surface area contributed by atoms with Crippen LogP contribution in [0.1, 0.15) is 17.3 Å². The summed E-state index contributed by atoms with van der Waals surface area (Å²) in [4.78, 5) is 12.1. The second-order valence-corrected chi connectivity index (χ2v) is 5.01. The number of carbonyl (C=O) groups excluding carboxylic acids is 1. The highest BCUT2D eigenvalue weighted by Gasteiger charge is 2.08. The topological polar surface area (TPSA) is 59.6 Å². The van der Waals surface area contributed by atoms with E-state index < -0.39 is 0 Å². The lowest BCUT2D eigenvalue weighted by Gasteiger charge is -2.11. The van der Waals surface area contributed by atoms with Crippen LogP contribution in [0.2, 0.25) is 0 Å². The van der Waals surface area contributed by atoms with Gasteiger partial charge in [-0.25, -0.2) is 0 Å². The average Bonchev–Trinajstić information content (AvgIpc) is 2.55. The number of amides is 1. The summed E-state index contributed by atoms with van der Waals surface area (Å²) in [5.41, 5.74) is 1.24. The van der Waals surface area contributed by atoms with E-state index in [1.165, 1.54) is 0 Å². The molecule has 2 rings (SSSR count). The quantitative estimate of drug-likeness (QED) is 0.824. The van der Waals surface area contributed by atoms with Crippen LogP contribution in [-0.4, -0.2) is 24.7 Å². The van der Waals surface area contributed by atoms with Gasteiger partial charge in [0.2, 0.25) is 0 Å². The zero-order valence-electron chi connectivity index (χ0n) is 13.0. The first-order chi connectivity index (χ1) is 11.1. The maximum absolute atomic E-state index is 12.1. The van der Waals surface area contributed by atoms with Gasteiger partial charge in [-0.2, -0.15) is 0 Å². The molecule has 2 aromatic carbocycles. The summed E-state index contributed by atoms with van der Waals surface area (Å²) in [5, 5.41) is 5.81. The number of carbonyl (C=O) groups is 1. The SMILES string of the molecule is CCOc1cccc(NC(=S)NC(=O)c2ccc(OC)cc2)c1. The Balaban J connectivity index is 1.95. The van der Waals surface area contributed by atoms with Crippen LogP contribution in [0.3, 0.4) is 0 Å². The molecule has 0 aliphatic rings. The molecule has 1 amide bonds. The van der Waals surface area contributed by atoms with Gasteiger partial charge in [-0.3, -0.25) is 10.1 Å². The Hall–Kier alpha value is -2.60. The fraction of sp³-hybridized carbons (Fsp3) is 0.176. The van der Waals surface area contributed by atoms with Crippen LogP contribution in [0, 0.1) is 0 Å². The minimum absolute atomic E-state index is 0.222. The van der Waals surface area contributed by atoms with E-state index in [0.717, 1.165) is 11.4 Å². The van der Waals surface area contributed by atoms with E-state index in [1.54, 1.807) is 31.4 Å². The molecule has 6 heteroatoms. The number of methoxy groups -OCH3 is 1. The van der Waals surface area contributed by atoms with E-state index in [-0.39, 0.29) is 11.0 Å². The summed E-state index contributed by atoms with van der Waals surface area (Å²) >= 11 is 5.16. The Labute approximate surface area is 140 Å². The molecule has 0 aromatic heterocycles. The standard InChI is InChI=1S/C17H18N2O3S/c1-3-22-15-6-4-5-13(11-15)18-17(23)19-16(20)12-7-9-14(21-2)10-8-12/h4-11H,3H2,1-2H3,(H2,18,19,20,23). The summed E-state index contributed by atoms with van der Waals surface area (Å²) < 4.78 is 10.5. The fourth-order valence-electron chi connectivity index (χ4n) is 1.91. The fourth-order valence-corrected chi connectivity index (χ4v) is 2.12. The number of hydrogen-bond donors (Lipinski definition) is 2. The van der Waals surface area contributed by atoms with Crippen molar-refractivity contribution in [1.29, 1.82) is 0 Å². The summed E-state index contributed by atoms with van der Waals surface area (Å²) in [6, 6.07) is 14.1. The highest BCUT2D eigenvalue weighted by molar-refractivity contribution is 7.80. The van der Waals surface area contributed by atoms with Crippen molar-refractivity contribution >= 4 is 28.9 Å². The molecular weight excluding hydrogens is 312 g/mol. The molecule has 0 bridgehead atoms. The maximum atomic E-state index is 12.1. The Bertz CT molecular complexity index is 686. The number of ether oxygens (including phenoxy) is 2. The van der Waals surface area contributed by atoms with Crippen molar-refractivity contribution in [3.05, 3.63) is 54.1 Å². The van der Waals surface area contributed by atoms with Gasteiger partial charge in [-0.05, 0) is 55.5 Å². The molecule has 23 heavy (non-hydrogen) atoms. The van der Waals surface area contributed by atoms with Gasteiger partial charge in [-0.15, -0.1) is 0 Å². The van der Waals surface area contributed by atoms with Gasteiger partial charge in [-0.1, -0.05) is 6.07 Å². The molecule has 0 spiro atoms. The molecule has 120 valence electrons. The van der Waals surface area contributed by atoms with Gasteiger partial charge in [0, 0.05) is 17.3 Å². The van der Waals surface area contributed by atoms with Gasteiger partial charge in [0.15, 0.2) is 5.11 Å². The third-order valence-electron chi connectivity index (χ3n) is 2.98. The van der Waals surface area contributed by atoms with Gasteiger partial charge in [0.1, 0.15) is 11.5 Å². The summed E-state index contributed by atoms with van der Waals surface area (Å²) in [6.07, 6.45) is 0. The largest absolute Gasteiger partial charge is 0.497 e. The van der Waals surface area contributed by atoms with Crippen LogP contribution in [0.25, 0.3) is 0 Å². The number of nitrogens with one attached hydrogen (secondary N) is 2. The van der Waals surface area contributed by atoms with Crippen LogP contribution >= 0.6 is 12.2 Å². The van der Waals surface area contributed by atoms with Gasteiger partial charge >= 0.3 is 0 Å². The first kappa shape index (κ1) is 16.8. The van der Waals surface area contributed by atoms with Crippen LogP contribution < -0.4 is 20.1 Å². The Kier molecular flexibility index (Phi) is 5.94. The Morgan fingerprint density at radius 2 is 1.87 bits per heavy atom. The van der Waals surface area contributed by atoms with E-state index in [9.17, 15) is 4.79 Å². The van der Waals surface area contributed by atoms with Gasteiger partial charge < -0.3 is 14.8 Å². The molecule has 2 N–H and O–H groups in total. The predicted octanol–water partition coefficient (Wildman–Crippen LogP) is 3.22. The molecule has 0 aliphatic heterocycles. The zero-order valence-corrected chi connectivity index (χ0v) is 13.8. The number of thiocarbonyl (C=S) groups is 1. The predicted molar refractivity (Wildman–Crippen MR) is 94.3 cm³/mol. The van der Waals surface area contributed by atoms with E-state index in [1.807, 2.05) is 31.2 Å². The van der Waals surface area contributed by atoms with Crippen LogP contribution in [0.15, 0.2) is 48.5 Å². The molecule has 0 saturated heterocycles. The van der Waals surface area contributed by atoms with Crippen molar-refractivity contribution in [2.24, 2.45) is 0 Å². The maximum Gasteiger partial charge on any atom is 0.257 e. The van der Waals surface area contributed by atoms with Crippen molar-refractivity contribution in [2.75, 3.05) is 19.0 Å². The van der Waals surface area contributed by atoms with Crippen molar-refractivity contribution in [3.8, 4) is 11.5 Å². The Morgan fingerprint density at radius 1 is 1.13 bits per heavy atom. The third kappa shape index (κ3) is 4.96. The molecule has 0 fully saturated rings. The molecule has 0 atom stereocenters. The monoisotopic (exact) mass is 330 g/mol. The first-order valence-corrected chi connectivity index (χ1v) is 7.52. The lowest BCUT2D eigenvalue weighted by Crippen LogP contribution is -2.34. The van der Waals surface area contributed by atoms with E-state index >= 15 is 0 Å². The molecule has 5 nitrogen and oxygen atoms in total. The molecule has 0 heterocycles. The molecule has 0 radical (unpaired) electrons. The van der Waals surface area contributed by atoms with E-state index in [0.29, 0.717) is 17.9 Å². The van der Waals surface area contributed by atoms with Crippen molar-refractivity contribution in [3.63, 3.8) is 0 Å². The van der Waals surface area contributed by atoms with Gasteiger partial charge in [0.05, 0.1) is 13.7 Å². The number of benzene rings is 2. The van der Waals surface area contributed by atoms with Crippen molar-refractivity contribution in [2.45, 2.75) is 6.92 Å². The second kappa shape index (κ2) is 8.14. The molecular formula is C17H18N2O3S. The lowest BCUT2D eigenvalue weighted by atomic mass is 10.2. The summed E-state index contributed by atoms with van der Waals surface area (Å²) in [6.45, 7) is 2.50. The number of anilines is 1. The zero-order chi connectivity index (χ0) is 16.7. The lowest BCUT2D eigenvalue weighted by molar-refractivity contribution is 0.0977. The first-order valence-electron chi connectivity index (χ1n) is 7.11. The Morgan fingerprint density at radius 3 is 2.52 bits per heavy atom. The van der Waals surface area contributed by atoms with E-state index in [4.69, 9.17) is 21.7 Å². The minimum atomic E-state index is -0.286. The minimum Gasteiger partial charge on any atom is -0.497 e. The van der Waals surface area contributed by atoms with Gasteiger partial charge in [0.25, 0.3) is 5.91 Å². The van der Waals surface area contributed by atoms with Crippen LogP contribution in [-0.2, 0) is 0 Å². The second-order valence-electron chi connectivity index (χ2n) is 4.60. The number of hydrogen-bond acceptors (Lipinski definition) is 4. The summed E-state index contributed by atoms with van der Waals surface area (Å²) in [7, 11) is 1.57. The highest BCUT2D eigenvalue weighted by atomic mass is 32.1. The average molecular weight is 330 g/mol. The smallest absolute Gasteiger partial charge is 0.257 e. The number of rotatable bonds is 5. The molecule has 0 saturated carbocycles. The van der Waals surface area contributed by atoms with Crippen LogP contribution in [0.4, 0.5) is 5.69 Å². The normalized spacial score (nSPS) is 9.83. The third-order valence-corrected chi connectivity index (χ3v) is 3.19. The molecule has 0 aliphatic carbocycles.